The zero-order valence-corrected chi connectivity index (χ0v) is 11.6. The Morgan fingerprint density at radius 3 is 2.67 bits per heavy atom. The van der Waals surface area contributed by atoms with Crippen LogP contribution in [0.25, 0.3) is 6.08 Å². The first-order valence-corrected chi connectivity index (χ1v) is 6.65. The summed E-state index contributed by atoms with van der Waals surface area (Å²) in [6.07, 6.45) is 1.67. The summed E-state index contributed by atoms with van der Waals surface area (Å²) in [5, 5.41) is 2.69. The van der Waals surface area contributed by atoms with E-state index in [-0.39, 0.29) is 25.6 Å². The molecule has 1 aromatic carbocycles. The van der Waals surface area contributed by atoms with Crippen LogP contribution in [0.5, 0.6) is 5.75 Å². The molecule has 0 saturated carbocycles. The molecule has 6 nitrogen and oxygen atoms in total. The number of hydrogen-bond donors (Lipinski definition) is 1. The van der Waals surface area contributed by atoms with Gasteiger partial charge in [-0.2, -0.15) is 0 Å². The van der Waals surface area contributed by atoms with Crippen LogP contribution in [0.15, 0.2) is 23.8 Å². The van der Waals surface area contributed by atoms with Gasteiger partial charge >= 0.3 is 0 Å². The molecule has 21 heavy (non-hydrogen) atoms. The Bertz CT molecular complexity index is 668. The van der Waals surface area contributed by atoms with Crippen molar-refractivity contribution >= 4 is 35.4 Å². The maximum atomic E-state index is 12.4. The molecular formula is C14H11ClN2O4. The first kappa shape index (κ1) is 13.6. The third-order valence-corrected chi connectivity index (χ3v) is 3.43. The van der Waals surface area contributed by atoms with E-state index >= 15 is 0 Å². The number of fused-ring (bicyclic) bond motifs is 1. The van der Waals surface area contributed by atoms with Gasteiger partial charge in [0.1, 0.15) is 25.4 Å². The SMILES string of the molecule is O=C1CN(C(=O)C2=Cc3cc(Cl)ccc3OC2)CC(=O)N1. The minimum Gasteiger partial charge on any atom is -0.488 e. The smallest absolute Gasteiger partial charge is 0.254 e. The molecule has 0 atom stereocenters. The third kappa shape index (κ3) is 2.75. The van der Waals surface area contributed by atoms with E-state index in [0.717, 1.165) is 0 Å². The molecule has 0 aromatic heterocycles. The molecule has 0 unspecified atom stereocenters. The van der Waals surface area contributed by atoms with E-state index in [4.69, 9.17) is 16.3 Å². The van der Waals surface area contributed by atoms with Gasteiger partial charge in [-0.05, 0) is 24.3 Å². The fourth-order valence-electron chi connectivity index (χ4n) is 2.26. The largest absolute Gasteiger partial charge is 0.488 e. The molecule has 108 valence electrons. The van der Waals surface area contributed by atoms with Crippen LogP contribution in [0.3, 0.4) is 0 Å². The second kappa shape index (κ2) is 5.21. The van der Waals surface area contributed by atoms with Crippen molar-refractivity contribution < 1.29 is 19.1 Å². The Morgan fingerprint density at radius 1 is 1.24 bits per heavy atom. The van der Waals surface area contributed by atoms with Crippen molar-refractivity contribution in [1.82, 2.24) is 10.2 Å². The van der Waals surface area contributed by atoms with E-state index in [1.165, 1.54) is 4.90 Å². The van der Waals surface area contributed by atoms with Gasteiger partial charge in [-0.3, -0.25) is 19.7 Å². The minimum absolute atomic E-state index is 0.0970. The number of imide groups is 1. The first-order valence-electron chi connectivity index (χ1n) is 6.28. The maximum Gasteiger partial charge on any atom is 0.254 e. The first-order chi connectivity index (χ1) is 10.0. The molecule has 0 bridgehead atoms. The number of halogens is 1. The van der Waals surface area contributed by atoms with Crippen LogP contribution in [0.2, 0.25) is 5.02 Å². The summed E-state index contributed by atoms with van der Waals surface area (Å²) >= 11 is 5.91. The standard InChI is InChI=1S/C14H11ClN2O4/c15-10-1-2-11-8(4-10)3-9(7-21-11)14(20)17-5-12(18)16-13(19)6-17/h1-4H,5-7H2,(H,16,18,19). The van der Waals surface area contributed by atoms with Gasteiger partial charge < -0.3 is 9.64 Å². The molecule has 1 saturated heterocycles. The van der Waals surface area contributed by atoms with Crippen LogP contribution in [0.1, 0.15) is 5.56 Å². The number of carbonyl (C=O) groups excluding carboxylic acids is 3. The Balaban J connectivity index is 1.85. The van der Waals surface area contributed by atoms with Gasteiger partial charge in [-0.1, -0.05) is 11.6 Å². The highest BCUT2D eigenvalue weighted by Gasteiger charge is 2.29. The highest BCUT2D eigenvalue weighted by molar-refractivity contribution is 6.30. The van der Waals surface area contributed by atoms with Crippen molar-refractivity contribution in [3.8, 4) is 5.75 Å². The van der Waals surface area contributed by atoms with Gasteiger partial charge in [0, 0.05) is 10.6 Å². The van der Waals surface area contributed by atoms with Crippen LogP contribution in [-0.4, -0.2) is 42.3 Å². The average Bonchev–Trinajstić information content (AvgIpc) is 2.44. The van der Waals surface area contributed by atoms with Crippen LogP contribution in [0.4, 0.5) is 0 Å². The Labute approximate surface area is 125 Å². The van der Waals surface area contributed by atoms with E-state index in [0.29, 0.717) is 21.9 Å². The monoisotopic (exact) mass is 306 g/mol. The molecule has 0 aliphatic carbocycles. The predicted molar refractivity (Wildman–Crippen MR) is 74.7 cm³/mol. The van der Waals surface area contributed by atoms with Crippen molar-refractivity contribution in [2.45, 2.75) is 0 Å². The number of rotatable bonds is 1. The molecular weight excluding hydrogens is 296 g/mol. The zero-order valence-electron chi connectivity index (χ0n) is 10.9. The molecule has 2 aliphatic rings. The van der Waals surface area contributed by atoms with E-state index in [1.807, 2.05) is 0 Å². The summed E-state index contributed by atoms with van der Waals surface area (Å²) < 4.78 is 5.50. The van der Waals surface area contributed by atoms with Crippen molar-refractivity contribution in [2.75, 3.05) is 19.7 Å². The van der Waals surface area contributed by atoms with Crippen LogP contribution in [-0.2, 0) is 14.4 Å². The molecule has 3 rings (SSSR count). The number of nitrogens with zero attached hydrogens (tertiary/aromatic N) is 1. The summed E-state index contributed by atoms with van der Waals surface area (Å²) in [6, 6.07) is 5.12. The molecule has 3 amide bonds. The van der Waals surface area contributed by atoms with Crippen molar-refractivity contribution in [1.29, 1.82) is 0 Å². The third-order valence-electron chi connectivity index (χ3n) is 3.19. The van der Waals surface area contributed by atoms with E-state index in [2.05, 4.69) is 5.32 Å². The number of ether oxygens (including phenoxy) is 1. The predicted octanol–water partition coefficient (Wildman–Crippen LogP) is 0.601. The minimum atomic E-state index is -0.486. The fraction of sp³-hybridized carbons (Fsp3) is 0.214. The molecule has 2 aliphatic heterocycles. The Morgan fingerprint density at radius 2 is 1.95 bits per heavy atom. The van der Waals surface area contributed by atoms with Gasteiger partial charge in [0.05, 0.1) is 5.57 Å². The number of nitrogens with one attached hydrogen (secondary N) is 1. The molecule has 2 heterocycles. The lowest BCUT2D eigenvalue weighted by atomic mass is 10.1. The van der Waals surface area contributed by atoms with Crippen LogP contribution >= 0.6 is 11.6 Å². The lowest BCUT2D eigenvalue weighted by Gasteiger charge is -2.27. The van der Waals surface area contributed by atoms with E-state index in [9.17, 15) is 14.4 Å². The summed E-state index contributed by atoms with van der Waals surface area (Å²) in [7, 11) is 0. The van der Waals surface area contributed by atoms with Gasteiger partial charge in [0.25, 0.3) is 5.91 Å². The van der Waals surface area contributed by atoms with E-state index < -0.39 is 11.8 Å². The topological polar surface area (TPSA) is 75.7 Å². The van der Waals surface area contributed by atoms with E-state index in [1.54, 1.807) is 24.3 Å². The van der Waals surface area contributed by atoms with Crippen LogP contribution in [0, 0.1) is 0 Å². The highest BCUT2D eigenvalue weighted by Crippen LogP contribution is 2.29. The van der Waals surface area contributed by atoms with Gasteiger partial charge in [0.15, 0.2) is 0 Å². The van der Waals surface area contributed by atoms with Gasteiger partial charge in [0.2, 0.25) is 11.8 Å². The normalized spacial score (nSPS) is 17.6. The summed E-state index contributed by atoms with van der Waals surface area (Å²) in [6.45, 7) is -0.172. The molecule has 7 heteroatoms. The van der Waals surface area contributed by atoms with Crippen LogP contribution < -0.4 is 10.1 Å². The lowest BCUT2D eigenvalue weighted by Crippen LogP contribution is -2.53. The van der Waals surface area contributed by atoms with Gasteiger partial charge in [-0.15, -0.1) is 0 Å². The lowest BCUT2D eigenvalue weighted by molar-refractivity contribution is -0.143. The maximum absolute atomic E-state index is 12.4. The second-order valence-corrected chi connectivity index (χ2v) is 5.21. The quantitative estimate of drug-likeness (QED) is 0.771. The van der Waals surface area contributed by atoms with Gasteiger partial charge in [-0.25, -0.2) is 0 Å². The molecule has 1 fully saturated rings. The summed E-state index contributed by atoms with van der Waals surface area (Å²) in [5.41, 5.74) is 1.08. The average molecular weight is 307 g/mol. The molecule has 0 spiro atoms. The summed E-state index contributed by atoms with van der Waals surface area (Å²) in [4.78, 5) is 36.2. The Kier molecular flexibility index (Phi) is 3.39. The van der Waals surface area contributed by atoms with Crippen molar-refractivity contribution in [2.24, 2.45) is 0 Å². The second-order valence-electron chi connectivity index (χ2n) is 4.77. The number of carbonyl (C=O) groups is 3. The summed E-state index contributed by atoms with van der Waals surface area (Å²) in [5.74, 6) is -0.715. The van der Waals surface area contributed by atoms with Crippen molar-refractivity contribution in [3.05, 3.63) is 34.4 Å². The Hall–Kier alpha value is -2.34. The number of benzene rings is 1. The highest BCUT2D eigenvalue weighted by atomic mass is 35.5. The number of piperazine rings is 1. The molecule has 1 aromatic rings. The van der Waals surface area contributed by atoms with Crippen molar-refractivity contribution in [3.63, 3.8) is 0 Å². The zero-order chi connectivity index (χ0) is 15.0. The number of hydrogen-bond acceptors (Lipinski definition) is 4. The number of amides is 3. The fourth-order valence-corrected chi connectivity index (χ4v) is 2.44. The molecule has 0 radical (unpaired) electrons. The molecule has 1 N–H and O–H groups in total.